The van der Waals surface area contributed by atoms with Gasteiger partial charge in [0.1, 0.15) is 0 Å². The van der Waals surface area contributed by atoms with Crippen LogP contribution in [0.4, 0.5) is 0 Å². The first-order chi connectivity index (χ1) is 14.0. The minimum atomic E-state index is -0.217. The van der Waals surface area contributed by atoms with Crippen molar-refractivity contribution in [3.8, 4) is 28.6 Å². The van der Waals surface area contributed by atoms with Crippen molar-refractivity contribution < 1.29 is 14.2 Å². The first kappa shape index (κ1) is 18.9. The highest BCUT2D eigenvalue weighted by molar-refractivity contribution is 7.15. The van der Waals surface area contributed by atoms with Gasteiger partial charge in [-0.25, -0.2) is 0 Å². The summed E-state index contributed by atoms with van der Waals surface area (Å²) >= 11 is 1.28. The number of hydrogen-bond acceptors (Lipinski definition) is 7. The summed E-state index contributed by atoms with van der Waals surface area (Å²) in [6, 6.07) is 11.4. The van der Waals surface area contributed by atoms with Crippen molar-refractivity contribution in [3.63, 3.8) is 0 Å². The van der Waals surface area contributed by atoms with E-state index in [0.29, 0.717) is 32.6 Å². The number of benzene rings is 2. The maximum atomic E-state index is 12.8. The van der Waals surface area contributed by atoms with Crippen LogP contribution in [0.25, 0.3) is 22.4 Å². The van der Waals surface area contributed by atoms with E-state index in [1.165, 1.54) is 15.9 Å². The summed E-state index contributed by atoms with van der Waals surface area (Å²) < 4.78 is 17.9. The highest BCUT2D eigenvalue weighted by atomic mass is 32.1. The third kappa shape index (κ3) is 3.42. The molecule has 0 spiro atoms. The number of methoxy groups -OCH3 is 3. The molecule has 2 aromatic heterocycles. The fourth-order valence-electron chi connectivity index (χ4n) is 3.08. The molecule has 0 radical (unpaired) electrons. The molecule has 0 bridgehead atoms. The van der Waals surface area contributed by atoms with Gasteiger partial charge in [0.2, 0.25) is 10.7 Å². The Balaban J connectivity index is 1.81. The molecular formula is C21H19N3O4S. The Morgan fingerprint density at radius 3 is 2.34 bits per heavy atom. The fourth-order valence-corrected chi connectivity index (χ4v) is 3.98. The predicted molar refractivity (Wildman–Crippen MR) is 112 cm³/mol. The standard InChI is InChI=1S/C21H19N3O4S/c1-12-6-5-7-14(8-12)19-22-21-24(23-19)20(25)17(29-21)11-13-9-15(26-2)18(28-4)16(10-13)27-3/h5-11H,1-4H3/b17-11+. The van der Waals surface area contributed by atoms with E-state index in [-0.39, 0.29) is 5.56 Å². The van der Waals surface area contributed by atoms with E-state index < -0.39 is 0 Å². The maximum absolute atomic E-state index is 12.8. The third-order valence-corrected chi connectivity index (χ3v) is 5.40. The molecule has 2 heterocycles. The molecule has 7 nitrogen and oxygen atoms in total. The Hall–Kier alpha value is -3.39. The van der Waals surface area contributed by atoms with Crippen LogP contribution < -0.4 is 24.3 Å². The Morgan fingerprint density at radius 2 is 1.76 bits per heavy atom. The normalized spacial score (nSPS) is 11.8. The molecule has 2 aromatic carbocycles. The van der Waals surface area contributed by atoms with E-state index in [1.807, 2.05) is 31.2 Å². The molecule has 4 rings (SSSR count). The zero-order valence-corrected chi connectivity index (χ0v) is 17.2. The molecule has 0 saturated carbocycles. The van der Waals surface area contributed by atoms with Crippen LogP contribution in [0.3, 0.4) is 0 Å². The number of ether oxygens (including phenoxy) is 3. The Bertz CT molecular complexity index is 1280. The Kier molecular flexibility index (Phi) is 4.94. The van der Waals surface area contributed by atoms with Gasteiger partial charge < -0.3 is 14.2 Å². The second kappa shape index (κ2) is 7.56. The van der Waals surface area contributed by atoms with Crippen LogP contribution in [0.15, 0.2) is 41.2 Å². The number of hydrogen-bond donors (Lipinski definition) is 0. The van der Waals surface area contributed by atoms with E-state index in [2.05, 4.69) is 10.1 Å². The van der Waals surface area contributed by atoms with Gasteiger partial charge in [0, 0.05) is 5.56 Å². The summed E-state index contributed by atoms with van der Waals surface area (Å²) in [6.45, 7) is 2.01. The zero-order valence-electron chi connectivity index (χ0n) is 16.4. The summed E-state index contributed by atoms with van der Waals surface area (Å²) in [6.07, 6.45) is 1.76. The van der Waals surface area contributed by atoms with Gasteiger partial charge in [0.15, 0.2) is 17.3 Å². The first-order valence-corrected chi connectivity index (χ1v) is 9.64. The molecule has 0 saturated heterocycles. The molecule has 0 fully saturated rings. The lowest BCUT2D eigenvalue weighted by Gasteiger charge is -2.12. The van der Waals surface area contributed by atoms with E-state index in [1.54, 1.807) is 39.5 Å². The topological polar surface area (TPSA) is 75.0 Å². The van der Waals surface area contributed by atoms with Crippen molar-refractivity contribution in [2.75, 3.05) is 21.3 Å². The van der Waals surface area contributed by atoms with Gasteiger partial charge in [-0.3, -0.25) is 4.79 Å². The summed E-state index contributed by atoms with van der Waals surface area (Å²) in [5.41, 5.74) is 2.53. The van der Waals surface area contributed by atoms with Gasteiger partial charge in [0.05, 0.1) is 25.9 Å². The molecule has 8 heteroatoms. The molecule has 148 valence electrons. The van der Waals surface area contributed by atoms with Gasteiger partial charge >= 0.3 is 0 Å². The molecule has 29 heavy (non-hydrogen) atoms. The quantitative estimate of drug-likeness (QED) is 0.505. The van der Waals surface area contributed by atoms with Gasteiger partial charge in [0.25, 0.3) is 5.56 Å². The second-order valence-electron chi connectivity index (χ2n) is 6.37. The predicted octanol–water partition coefficient (Wildman–Crippen LogP) is 2.70. The molecule has 0 N–H and O–H groups in total. The molecule has 0 aliphatic carbocycles. The Morgan fingerprint density at radius 1 is 1.03 bits per heavy atom. The molecule has 0 aliphatic heterocycles. The summed E-state index contributed by atoms with van der Waals surface area (Å²) in [5.74, 6) is 2.08. The van der Waals surface area contributed by atoms with Crippen LogP contribution in [0, 0.1) is 6.92 Å². The van der Waals surface area contributed by atoms with Crippen molar-refractivity contribution in [1.82, 2.24) is 14.6 Å². The van der Waals surface area contributed by atoms with Crippen molar-refractivity contribution in [2.45, 2.75) is 6.92 Å². The lowest BCUT2D eigenvalue weighted by atomic mass is 10.1. The minimum absolute atomic E-state index is 0.217. The van der Waals surface area contributed by atoms with Crippen molar-refractivity contribution in [2.24, 2.45) is 0 Å². The molecular weight excluding hydrogens is 390 g/mol. The van der Waals surface area contributed by atoms with Crippen molar-refractivity contribution >= 4 is 22.4 Å². The SMILES string of the molecule is COc1cc(/C=c2/sc3nc(-c4cccc(C)c4)nn3c2=O)cc(OC)c1OC. The maximum Gasteiger partial charge on any atom is 0.291 e. The molecule has 4 aromatic rings. The van der Waals surface area contributed by atoms with E-state index >= 15 is 0 Å². The van der Waals surface area contributed by atoms with Crippen LogP contribution >= 0.6 is 11.3 Å². The lowest BCUT2D eigenvalue weighted by Crippen LogP contribution is -2.23. The zero-order chi connectivity index (χ0) is 20.5. The largest absolute Gasteiger partial charge is 0.493 e. The number of fused-ring (bicyclic) bond motifs is 1. The third-order valence-electron chi connectivity index (χ3n) is 4.44. The monoisotopic (exact) mass is 409 g/mol. The van der Waals surface area contributed by atoms with Crippen LogP contribution in [-0.4, -0.2) is 35.9 Å². The number of aromatic nitrogens is 3. The van der Waals surface area contributed by atoms with Crippen LogP contribution in [0.2, 0.25) is 0 Å². The molecule has 0 aliphatic rings. The summed E-state index contributed by atoms with van der Waals surface area (Å²) in [7, 11) is 4.65. The van der Waals surface area contributed by atoms with Gasteiger partial charge in [-0.05, 0) is 36.8 Å². The summed E-state index contributed by atoms with van der Waals surface area (Å²) in [4.78, 5) is 17.9. The highest BCUT2D eigenvalue weighted by Gasteiger charge is 2.14. The number of aryl methyl sites for hydroxylation is 1. The van der Waals surface area contributed by atoms with Gasteiger partial charge in [-0.2, -0.15) is 9.50 Å². The number of thiazole rings is 1. The highest BCUT2D eigenvalue weighted by Crippen LogP contribution is 2.38. The molecule has 0 amide bonds. The van der Waals surface area contributed by atoms with E-state index in [0.717, 1.165) is 16.7 Å². The fraction of sp³-hybridized carbons (Fsp3) is 0.190. The van der Waals surface area contributed by atoms with Gasteiger partial charge in [-0.1, -0.05) is 35.1 Å². The van der Waals surface area contributed by atoms with Crippen LogP contribution in [0.1, 0.15) is 11.1 Å². The summed E-state index contributed by atoms with van der Waals surface area (Å²) in [5, 5.41) is 4.39. The lowest BCUT2D eigenvalue weighted by molar-refractivity contribution is 0.324. The smallest absolute Gasteiger partial charge is 0.291 e. The number of rotatable bonds is 5. The average Bonchev–Trinajstić information content (AvgIpc) is 3.27. The van der Waals surface area contributed by atoms with Crippen molar-refractivity contribution in [1.29, 1.82) is 0 Å². The van der Waals surface area contributed by atoms with Gasteiger partial charge in [-0.15, -0.1) is 5.10 Å². The van der Waals surface area contributed by atoms with Crippen molar-refractivity contribution in [3.05, 3.63) is 62.4 Å². The van der Waals surface area contributed by atoms with Crippen LogP contribution in [0.5, 0.6) is 17.2 Å². The van der Waals surface area contributed by atoms with E-state index in [9.17, 15) is 4.79 Å². The minimum Gasteiger partial charge on any atom is -0.493 e. The molecule has 0 unspecified atom stereocenters. The second-order valence-corrected chi connectivity index (χ2v) is 7.38. The average molecular weight is 409 g/mol. The number of nitrogens with zero attached hydrogens (tertiary/aromatic N) is 3. The molecule has 0 atom stereocenters. The first-order valence-electron chi connectivity index (χ1n) is 8.82. The Labute approximate surface area is 170 Å². The van der Waals surface area contributed by atoms with E-state index in [4.69, 9.17) is 14.2 Å². The van der Waals surface area contributed by atoms with Crippen LogP contribution in [-0.2, 0) is 0 Å².